The lowest BCUT2D eigenvalue weighted by molar-refractivity contribution is 0.681. The molecule has 0 amide bonds. The summed E-state index contributed by atoms with van der Waals surface area (Å²) in [4.78, 5) is 1.22. The first-order valence-electron chi connectivity index (χ1n) is 6.32. The monoisotopic (exact) mass is 261 g/mol. The molecule has 1 heterocycles. The predicted molar refractivity (Wildman–Crippen MR) is 76.8 cm³/mol. The Balaban J connectivity index is 2.25. The summed E-state index contributed by atoms with van der Waals surface area (Å²) < 4.78 is 4.09. The first-order valence-corrected chi connectivity index (χ1v) is 7.09. The zero-order valence-corrected chi connectivity index (χ0v) is 12.0. The Kier molecular flexibility index (Phi) is 4.44. The zero-order chi connectivity index (χ0) is 13.0. The molecule has 0 fully saturated rings. The first-order chi connectivity index (χ1) is 8.72. The summed E-state index contributed by atoms with van der Waals surface area (Å²) in [5.74, 6) is 0. The van der Waals surface area contributed by atoms with E-state index in [1.54, 1.807) is 0 Å². The number of benzene rings is 1. The second-order valence-corrected chi connectivity index (χ2v) is 5.38. The molecule has 0 aliphatic carbocycles. The Hall–Kier alpha value is -1.26. The highest BCUT2D eigenvalue weighted by Crippen LogP contribution is 2.27. The minimum Gasteiger partial charge on any atom is -0.312 e. The van der Waals surface area contributed by atoms with E-state index in [0.29, 0.717) is 0 Å². The molecule has 1 N–H and O–H groups in total. The van der Waals surface area contributed by atoms with Gasteiger partial charge in [0, 0.05) is 12.1 Å². The molecule has 0 spiro atoms. The van der Waals surface area contributed by atoms with Crippen LogP contribution in [-0.2, 0) is 6.54 Å². The van der Waals surface area contributed by atoms with Crippen LogP contribution in [0.1, 0.15) is 29.3 Å². The maximum atomic E-state index is 4.28. The Morgan fingerprint density at radius 1 is 1.28 bits per heavy atom. The lowest BCUT2D eigenvalue weighted by Crippen LogP contribution is -2.13. The Bertz CT molecular complexity index is 520. The summed E-state index contributed by atoms with van der Waals surface area (Å²) in [6.45, 7) is 8.30. The molecule has 0 saturated carbocycles. The first kappa shape index (κ1) is 13.2. The maximum absolute atomic E-state index is 4.28. The molecule has 2 aromatic rings. The van der Waals surface area contributed by atoms with Crippen molar-refractivity contribution in [3.05, 3.63) is 34.2 Å². The molecule has 2 rings (SSSR count). The van der Waals surface area contributed by atoms with E-state index >= 15 is 0 Å². The van der Waals surface area contributed by atoms with Gasteiger partial charge in [0.1, 0.15) is 5.69 Å². The largest absolute Gasteiger partial charge is 0.312 e. The molecule has 0 aliphatic rings. The van der Waals surface area contributed by atoms with E-state index in [1.165, 1.54) is 33.1 Å². The lowest BCUT2D eigenvalue weighted by Gasteiger charge is -2.06. The Morgan fingerprint density at radius 2 is 2.11 bits per heavy atom. The van der Waals surface area contributed by atoms with Gasteiger partial charge in [-0.25, -0.2) is 0 Å². The quantitative estimate of drug-likeness (QED) is 0.839. The van der Waals surface area contributed by atoms with Crippen LogP contribution in [0.2, 0.25) is 0 Å². The number of aromatic nitrogens is 2. The smallest absolute Gasteiger partial charge is 0.110 e. The van der Waals surface area contributed by atoms with Gasteiger partial charge in [-0.05, 0) is 43.9 Å². The summed E-state index contributed by atoms with van der Waals surface area (Å²) in [6, 6.07) is 6.47. The van der Waals surface area contributed by atoms with Gasteiger partial charge in [0.15, 0.2) is 0 Å². The summed E-state index contributed by atoms with van der Waals surface area (Å²) in [7, 11) is 0. The Labute approximate surface area is 112 Å². The third-order valence-electron chi connectivity index (χ3n) is 2.91. The fourth-order valence-electron chi connectivity index (χ4n) is 1.99. The van der Waals surface area contributed by atoms with Crippen molar-refractivity contribution in [1.29, 1.82) is 0 Å². The number of hydrogen-bond acceptors (Lipinski definition) is 4. The van der Waals surface area contributed by atoms with Crippen LogP contribution in [0, 0.1) is 13.8 Å². The molecule has 96 valence electrons. The lowest BCUT2D eigenvalue weighted by atomic mass is 10.0. The van der Waals surface area contributed by atoms with Gasteiger partial charge in [-0.15, -0.1) is 5.10 Å². The molecule has 0 unspecified atom stereocenters. The number of nitrogens with zero attached hydrogens (tertiary/aromatic N) is 2. The second kappa shape index (κ2) is 6.07. The van der Waals surface area contributed by atoms with Crippen LogP contribution in [-0.4, -0.2) is 16.1 Å². The van der Waals surface area contributed by atoms with Crippen molar-refractivity contribution in [2.24, 2.45) is 0 Å². The standard InChI is InChI=1S/C14H19N3S/c1-4-7-15-9-13-14(16-17-18-13)12-6-5-10(2)8-11(12)3/h5-6,8,15H,4,7,9H2,1-3H3. The average molecular weight is 261 g/mol. The SMILES string of the molecule is CCCNCc1snnc1-c1ccc(C)cc1C. The van der Waals surface area contributed by atoms with E-state index in [4.69, 9.17) is 0 Å². The molecule has 0 atom stereocenters. The Morgan fingerprint density at radius 3 is 2.83 bits per heavy atom. The molecule has 3 nitrogen and oxygen atoms in total. The average Bonchev–Trinajstić information content (AvgIpc) is 2.78. The molecule has 4 heteroatoms. The third-order valence-corrected chi connectivity index (χ3v) is 3.63. The van der Waals surface area contributed by atoms with Gasteiger partial charge in [-0.2, -0.15) is 0 Å². The molecule has 0 saturated heterocycles. The normalized spacial score (nSPS) is 10.8. The highest BCUT2D eigenvalue weighted by Gasteiger charge is 2.12. The number of nitrogens with one attached hydrogen (secondary N) is 1. The van der Waals surface area contributed by atoms with Crippen molar-refractivity contribution >= 4 is 11.5 Å². The van der Waals surface area contributed by atoms with Gasteiger partial charge >= 0.3 is 0 Å². The van der Waals surface area contributed by atoms with Crippen LogP contribution < -0.4 is 5.32 Å². The third kappa shape index (κ3) is 2.94. The van der Waals surface area contributed by atoms with E-state index in [2.05, 4.69) is 53.9 Å². The van der Waals surface area contributed by atoms with E-state index in [1.807, 2.05) is 0 Å². The zero-order valence-electron chi connectivity index (χ0n) is 11.2. The predicted octanol–water partition coefficient (Wildman–Crippen LogP) is 3.32. The minimum atomic E-state index is 0.855. The van der Waals surface area contributed by atoms with Gasteiger partial charge in [-0.1, -0.05) is 35.2 Å². The van der Waals surface area contributed by atoms with Crippen molar-refractivity contribution in [1.82, 2.24) is 14.9 Å². The fraction of sp³-hybridized carbons (Fsp3) is 0.429. The second-order valence-electron chi connectivity index (χ2n) is 4.54. The van der Waals surface area contributed by atoms with E-state index < -0.39 is 0 Å². The topological polar surface area (TPSA) is 37.8 Å². The van der Waals surface area contributed by atoms with Crippen LogP contribution >= 0.6 is 11.5 Å². The van der Waals surface area contributed by atoms with Crippen molar-refractivity contribution in [2.75, 3.05) is 6.54 Å². The molecule has 1 aromatic carbocycles. The molecule has 18 heavy (non-hydrogen) atoms. The fourth-order valence-corrected chi connectivity index (χ4v) is 2.61. The maximum Gasteiger partial charge on any atom is 0.110 e. The number of rotatable bonds is 5. The molecule has 0 aliphatic heterocycles. The van der Waals surface area contributed by atoms with Crippen LogP contribution in [0.25, 0.3) is 11.3 Å². The van der Waals surface area contributed by atoms with Gasteiger partial charge in [0.25, 0.3) is 0 Å². The van der Waals surface area contributed by atoms with Crippen molar-refractivity contribution in [2.45, 2.75) is 33.7 Å². The molecular weight excluding hydrogens is 242 g/mol. The van der Waals surface area contributed by atoms with Gasteiger partial charge in [0.05, 0.1) is 4.88 Å². The van der Waals surface area contributed by atoms with E-state index in [-0.39, 0.29) is 0 Å². The number of hydrogen-bond donors (Lipinski definition) is 1. The van der Waals surface area contributed by atoms with Crippen LogP contribution in [0.3, 0.4) is 0 Å². The van der Waals surface area contributed by atoms with Gasteiger partial charge in [0.2, 0.25) is 0 Å². The molecule has 0 bridgehead atoms. The number of aryl methyl sites for hydroxylation is 2. The van der Waals surface area contributed by atoms with Crippen LogP contribution in [0.4, 0.5) is 0 Å². The van der Waals surface area contributed by atoms with Crippen molar-refractivity contribution in [3.8, 4) is 11.3 Å². The highest BCUT2D eigenvalue weighted by molar-refractivity contribution is 7.05. The van der Waals surface area contributed by atoms with Crippen LogP contribution in [0.5, 0.6) is 0 Å². The molecule has 0 radical (unpaired) electrons. The van der Waals surface area contributed by atoms with Gasteiger partial charge in [-0.3, -0.25) is 0 Å². The van der Waals surface area contributed by atoms with Crippen LogP contribution in [0.15, 0.2) is 18.2 Å². The molecule has 1 aromatic heterocycles. The van der Waals surface area contributed by atoms with Crippen molar-refractivity contribution in [3.63, 3.8) is 0 Å². The summed E-state index contributed by atoms with van der Waals surface area (Å²) in [6.07, 6.45) is 1.14. The molecular formula is C14H19N3S. The van der Waals surface area contributed by atoms with Gasteiger partial charge < -0.3 is 5.32 Å². The summed E-state index contributed by atoms with van der Waals surface area (Å²) in [5.41, 5.74) is 4.77. The minimum absolute atomic E-state index is 0.855. The van der Waals surface area contributed by atoms with E-state index in [9.17, 15) is 0 Å². The summed E-state index contributed by atoms with van der Waals surface area (Å²) >= 11 is 1.48. The van der Waals surface area contributed by atoms with E-state index in [0.717, 1.165) is 25.2 Å². The van der Waals surface area contributed by atoms with Crippen molar-refractivity contribution < 1.29 is 0 Å². The summed E-state index contributed by atoms with van der Waals surface area (Å²) in [5, 5.41) is 7.69. The highest BCUT2D eigenvalue weighted by atomic mass is 32.1.